The van der Waals surface area contributed by atoms with Gasteiger partial charge < -0.3 is 10.2 Å². The molecule has 0 aliphatic carbocycles. The Balaban J connectivity index is 1.65. The van der Waals surface area contributed by atoms with Crippen molar-refractivity contribution in [3.63, 3.8) is 0 Å². The molecule has 116 valence electrons. The number of hydrogen-bond donors (Lipinski definition) is 1. The normalized spacial score (nSPS) is 31.1. The molecule has 3 atom stereocenters. The largest absolute Gasteiger partial charge is 0.307 e. The van der Waals surface area contributed by atoms with Gasteiger partial charge in [0.2, 0.25) is 0 Å². The molecule has 2 aliphatic rings. The van der Waals surface area contributed by atoms with E-state index in [0.717, 1.165) is 5.56 Å². The summed E-state index contributed by atoms with van der Waals surface area (Å²) in [6.45, 7) is 2.11. The van der Waals surface area contributed by atoms with Crippen LogP contribution in [0.25, 0.3) is 0 Å². The summed E-state index contributed by atoms with van der Waals surface area (Å²) in [4.78, 5) is 2.56. The zero-order chi connectivity index (χ0) is 15.0. The molecule has 1 aromatic rings. The van der Waals surface area contributed by atoms with Crippen molar-refractivity contribution in [2.75, 3.05) is 7.05 Å². The predicted octanol–water partition coefficient (Wildman–Crippen LogP) is 4.15. The van der Waals surface area contributed by atoms with Gasteiger partial charge in [0.25, 0.3) is 0 Å². The second-order valence-electron chi connectivity index (χ2n) is 6.63. The summed E-state index contributed by atoms with van der Waals surface area (Å²) in [5.41, 5.74) is 0.973. The molecule has 0 saturated carbocycles. The van der Waals surface area contributed by atoms with Crippen LogP contribution in [-0.4, -0.2) is 30.1 Å². The molecule has 0 radical (unpaired) electrons. The quantitative estimate of drug-likeness (QED) is 0.902. The SMILES string of the molecule is CC(NC1CC2CCCC(C1)N2C)c1ccc(Cl)c(F)c1. The Bertz CT molecular complexity index is 494. The van der Waals surface area contributed by atoms with Gasteiger partial charge in [0, 0.05) is 24.2 Å². The summed E-state index contributed by atoms with van der Waals surface area (Å²) in [5, 5.41) is 3.89. The van der Waals surface area contributed by atoms with E-state index in [4.69, 9.17) is 11.6 Å². The average molecular weight is 311 g/mol. The van der Waals surface area contributed by atoms with Crippen LogP contribution in [0.5, 0.6) is 0 Å². The molecule has 2 heterocycles. The highest BCUT2D eigenvalue weighted by Crippen LogP contribution is 2.33. The van der Waals surface area contributed by atoms with Crippen molar-refractivity contribution in [1.29, 1.82) is 0 Å². The molecule has 4 heteroatoms. The van der Waals surface area contributed by atoms with Crippen LogP contribution in [0.1, 0.15) is 50.6 Å². The molecule has 2 nitrogen and oxygen atoms in total. The molecule has 3 rings (SSSR count). The molecule has 0 spiro atoms. The van der Waals surface area contributed by atoms with Gasteiger partial charge in [-0.2, -0.15) is 0 Å². The molecular formula is C17H24ClFN2. The topological polar surface area (TPSA) is 15.3 Å². The van der Waals surface area contributed by atoms with Gasteiger partial charge in [0.15, 0.2) is 0 Å². The number of halogens is 2. The van der Waals surface area contributed by atoms with Gasteiger partial charge >= 0.3 is 0 Å². The van der Waals surface area contributed by atoms with Crippen molar-refractivity contribution < 1.29 is 4.39 Å². The van der Waals surface area contributed by atoms with Crippen molar-refractivity contribution in [3.8, 4) is 0 Å². The van der Waals surface area contributed by atoms with E-state index >= 15 is 0 Å². The lowest BCUT2D eigenvalue weighted by atomic mass is 9.82. The second-order valence-corrected chi connectivity index (χ2v) is 7.04. The molecule has 0 aromatic heterocycles. The van der Waals surface area contributed by atoms with Gasteiger partial charge in [-0.15, -0.1) is 0 Å². The summed E-state index contributed by atoms with van der Waals surface area (Å²) >= 11 is 5.76. The number of rotatable bonds is 3. The lowest BCUT2D eigenvalue weighted by molar-refractivity contribution is 0.0463. The van der Waals surface area contributed by atoms with E-state index < -0.39 is 0 Å². The van der Waals surface area contributed by atoms with Crippen LogP contribution in [0.2, 0.25) is 5.02 Å². The zero-order valence-corrected chi connectivity index (χ0v) is 13.5. The maximum Gasteiger partial charge on any atom is 0.142 e. The zero-order valence-electron chi connectivity index (χ0n) is 12.8. The molecule has 21 heavy (non-hydrogen) atoms. The minimum absolute atomic E-state index is 0.158. The summed E-state index contributed by atoms with van der Waals surface area (Å²) < 4.78 is 13.6. The molecule has 2 fully saturated rings. The lowest BCUT2D eigenvalue weighted by Gasteiger charge is -2.47. The Hall–Kier alpha value is -0.640. The first-order chi connectivity index (χ1) is 10.0. The fourth-order valence-corrected chi connectivity index (χ4v) is 4.10. The fraction of sp³-hybridized carbons (Fsp3) is 0.647. The third kappa shape index (κ3) is 3.25. The smallest absolute Gasteiger partial charge is 0.142 e. The van der Waals surface area contributed by atoms with Gasteiger partial charge in [0.05, 0.1) is 5.02 Å². The highest BCUT2D eigenvalue weighted by atomic mass is 35.5. The summed E-state index contributed by atoms with van der Waals surface area (Å²) in [5.74, 6) is -0.330. The van der Waals surface area contributed by atoms with E-state index in [9.17, 15) is 4.39 Å². The third-order valence-electron chi connectivity index (χ3n) is 5.27. The van der Waals surface area contributed by atoms with Crippen molar-refractivity contribution in [3.05, 3.63) is 34.6 Å². The summed E-state index contributed by atoms with van der Waals surface area (Å²) in [7, 11) is 2.27. The number of nitrogens with one attached hydrogen (secondary N) is 1. The van der Waals surface area contributed by atoms with Gasteiger partial charge in [-0.1, -0.05) is 24.1 Å². The van der Waals surface area contributed by atoms with Crippen LogP contribution < -0.4 is 5.32 Å². The minimum Gasteiger partial charge on any atom is -0.307 e. The van der Waals surface area contributed by atoms with Crippen LogP contribution >= 0.6 is 11.6 Å². The first-order valence-electron chi connectivity index (χ1n) is 7.97. The Morgan fingerprint density at radius 1 is 1.29 bits per heavy atom. The minimum atomic E-state index is -0.330. The molecule has 2 saturated heterocycles. The Kier molecular flexibility index (Phi) is 4.53. The lowest BCUT2D eigenvalue weighted by Crippen LogP contribution is -2.54. The van der Waals surface area contributed by atoms with Gasteiger partial charge in [-0.25, -0.2) is 4.39 Å². The maximum absolute atomic E-state index is 13.6. The third-order valence-corrected chi connectivity index (χ3v) is 5.58. The number of hydrogen-bond acceptors (Lipinski definition) is 2. The standard InChI is InChI=1S/C17H24ClFN2/c1-11(12-6-7-16(18)17(19)8-12)20-13-9-14-4-3-5-15(10-13)21(14)2/h6-8,11,13-15,20H,3-5,9-10H2,1-2H3. The van der Waals surface area contributed by atoms with Crippen molar-refractivity contribution in [2.24, 2.45) is 0 Å². The van der Waals surface area contributed by atoms with Crippen molar-refractivity contribution >= 4 is 11.6 Å². The fourth-order valence-electron chi connectivity index (χ4n) is 3.98. The van der Waals surface area contributed by atoms with E-state index in [2.05, 4.69) is 24.2 Å². The van der Waals surface area contributed by atoms with E-state index in [1.807, 2.05) is 6.07 Å². The monoisotopic (exact) mass is 310 g/mol. The molecule has 1 N–H and O–H groups in total. The van der Waals surface area contributed by atoms with Crippen LogP contribution in [0.3, 0.4) is 0 Å². The average Bonchev–Trinajstić information content (AvgIpc) is 2.43. The molecule has 1 aromatic carbocycles. The molecule has 0 amide bonds. The van der Waals surface area contributed by atoms with Crippen LogP contribution in [0.4, 0.5) is 4.39 Å². The Morgan fingerprint density at radius 2 is 1.95 bits per heavy atom. The van der Waals surface area contributed by atoms with Gasteiger partial charge in [-0.3, -0.25) is 0 Å². The second kappa shape index (κ2) is 6.23. The van der Waals surface area contributed by atoms with Crippen molar-refractivity contribution in [2.45, 2.75) is 63.2 Å². The van der Waals surface area contributed by atoms with E-state index in [1.165, 1.54) is 32.1 Å². The summed E-state index contributed by atoms with van der Waals surface area (Å²) in [6, 6.07) is 7.23. The van der Waals surface area contributed by atoms with E-state index in [1.54, 1.807) is 12.1 Å². The number of nitrogens with zero attached hydrogens (tertiary/aromatic N) is 1. The Morgan fingerprint density at radius 3 is 2.57 bits per heavy atom. The first-order valence-corrected chi connectivity index (χ1v) is 8.35. The van der Waals surface area contributed by atoms with E-state index in [-0.39, 0.29) is 16.9 Å². The molecule has 3 unspecified atom stereocenters. The van der Waals surface area contributed by atoms with Crippen molar-refractivity contribution in [1.82, 2.24) is 10.2 Å². The predicted molar refractivity (Wildman–Crippen MR) is 85.2 cm³/mol. The van der Waals surface area contributed by atoms with Crippen LogP contribution in [0.15, 0.2) is 18.2 Å². The van der Waals surface area contributed by atoms with Gasteiger partial charge in [0.1, 0.15) is 5.82 Å². The number of fused-ring (bicyclic) bond motifs is 2. The first kappa shape index (κ1) is 15.3. The number of piperidine rings is 2. The highest BCUT2D eigenvalue weighted by Gasteiger charge is 2.36. The molecular weight excluding hydrogens is 287 g/mol. The summed E-state index contributed by atoms with van der Waals surface area (Å²) in [6.07, 6.45) is 6.40. The van der Waals surface area contributed by atoms with Crippen LogP contribution in [-0.2, 0) is 0 Å². The highest BCUT2D eigenvalue weighted by molar-refractivity contribution is 6.30. The maximum atomic E-state index is 13.6. The van der Waals surface area contributed by atoms with Crippen LogP contribution in [0, 0.1) is 5.82 Å². The Labute approximate surface area is 131 Å². The van der Waals surface area contributed by atoms with Gasteiger partial charge in [-0.05, 0) is 57.4 Å². The molecule has 2 bridgehead atoms. The number of benzene rings is 1. The molecule has 2 aliphatic heterocycles. The van der Waals surface area contributed by atoms with E-state index in [0.29, 0.717) is 18.1 Å².